The van der Waals surface area contributed by atoms with Gasteiger partial charge in [-0.3, -0.25) is 0 Å². The number of ether oxygens (including phenoxy) is 1. The molecule has 0 aliphatic heterocycles. The first kappa shape index (κ1) is 13.9. The summed E-state index contributed by atoms with van der Waals surface area (Å²) in [7, 11) is 0. The van der Waals surface area contributed by atoms with Crippen LogP contribution in [-0.2, 0) is 0 Å². The maximum Gasteiger partial charge on any atom is 0.343 e. The van der Waals surface area contributed by atoms with Crippen molar-refractivity contribution in [3.8, 4) is 11.4 Å². The molecule has 6 heteroatoms. The van der Waals surface area contributed by atoms with Crippen molar-refractivity contribution in [2.75, 3.05) is 0 Å². The van der Waals surface area contributed by atoms with E-state index in [1.54, 1.807) is 24.3 Å². The van der Waals surface area contributed by atoms with Crippen molar-refractivity contribution < 1.29 is 9.53 Å². The largest absolute Gasteiger partial charge is 0.423 e. The van der Waals surface area contributed by atoms with Crippen molar-refractivity contribution in [2.45, 2.75) is 13.8 Å². The van der Waals surface area contributed by atoms with Crippen LogP contribution in [0.15, 0.2) is 48.8 Å². The highest BCUT2D eigenvalue weighted by Gasteiger charge is 2.11. The van der Waals surface area contributed by atoms with Gasteiger partial charge in [0.25, 0.3) is 0 Å². The van der Waals surface area contributed by atoms with Crippen molar-refractivity contribution in [1.29, 1.82) is 0 Å². The van der Waals surface area contributed by atoms with Crippen LogP contribution in [0.1, 0.15) is 21.5 Å². The van der Waals surface area contributed by atoms with Gasteiger partial charge in [0.2, 0.25) is 0 Å². The molecule has 22 heavy (non-hydrogen) atoms. The van der Waals surface area contributed by atoms with Crippen LogP contribution in [0.4, 0.5) is 0 Å². The first-order valence-electron chi connectivity index (χ1n) is 6.76. The summed E-state index contributed by atoms with van der Waals surface area (Å²) in [5.74, 6) is 0.144. The van der Waals surface area contributed by atoms with E-state index in [0.717, 1.165) is 11.1 Å². The minimum atomic E-state index is -0.415. The molecule has 1 heterocycles. The van der Waals surface area contributed by atoms with Crippen LogP contribution in [0.2, 0.25) is 0 Å². The van der Waals surface area contributed by atoms with E-state index in [0.29, 0.717) is 17.0 Å². The molecule has 0 saturated heterocycles. The first-order chi connectivity index (χ1) is 10.6. The van der Waals surface area contributed by atoms with Gasteiger partial charge in [0, 0.05) is 0 Å². The maximum atomic E-state index is 12.3. The molecule has 0 N–H and O–H groups in total. The average molecular weight is 294 g/mol. The highest BCUT2D eigenvalue weighted by molar-refractivity contribution is 5.91. The lowest BCUT2D eigenvalue weighted by molar-refractivity contribution is 0.0733. The van der Waals surface area contributed by atoms with Gasteiger partial charge in [0.1, 0.15) is 12.1 Å². The number of aromatic nitrogens is 4. The Morgan fingerprint density at radius 1 is 1.14 bits per heavy atom. The molecule has 0 fully saturated rings. The minimum Gasteiger partial charge on any atom is -0.423 e. The van der Waals surface area contributed by atoms with E-state index < -0.39 is 5.97 Å². The molecule has 0 radical (unpaired) electrons. The molecule has 2 aromatic carbocycles. The van der Waals surface area contributed by atoms with Gasteiger partial charge < -0.3 is 4.74 Å². The second-order valence-electron chi connectivity index (χ2n) is 4.96. The molecule has 0 amide bonds. The summed E-state index contributed by atoms with van der Waals surface area (Å²) in [4.78, 5) is 12.3. The molecule has 0 unspecified atom stereocenters. The van der Waals surface area contributed by atoms with Gasteiger partial charge in [0.15, 0.2) is 0 Å². The Balaban J connectivity index is 1.85. The van der Waals surface area contributed by atoms with E-state index in [2.05, 4.69) is 15.5 Å². The van der Waals surface area contributed by atoms with Crippen LogP contribution >= 0.6 is 0 Å². The van der Waals surface area contributed by atoms with Gasteiger partial charge in [-0.05, 0) is 54.1 Å². The Hall–Kier alpha value is -3.02. The fourth-order valence-corrected chi connectivity index (χ4v) is 2.13. The second kappa shape index (κ2) is 5.77. The number of carbonyl (C=O) groups excluding carboxylic acids is 1. The SMILES string of the molecule is Cc1ccc(OC(=O)c2cccc(-n3cnnn3)c2)c(C)c1. The van der Waals surface area contributed by atoms with E-state index in [9.17, 15) is 4.79 Å². The van der Waals surface area contributed by atoms with Crippen molar-refractivity contribution in [3.63, 3.8) is 0 Å². The van der Waals surface area contributed by atoms with Gasteiger partial charge in [0.05, 0.1) is 11.3 Å². The molecule has 0 spiro atoms. The lowest BCUT2D eigenvalue weighted by atomic mass is 10.1. The third kappa shape index (κ3) is 2.85. The Morgan fingerprint density at radius 3 is 2.73 bits per heavy atom. The van der Waals surface area contributed by atoms with Crippen LogP contribution in [-0.4, -0.2) is 26.2 Å². The van der Waals surface area contributed by atoms with Gasteiger partial charge in [-0.25, -0.2) is 9.48 Å². The van der Waals surface area contributed by atoms with Crippen LogP contribution in [0.3, 0.4) is 0 Å². The molecule has 6 nitrogen and oxygen atoms in total. The lowest BCUT2D eigenvalue weighted by Crippen LogP contribution is -2.10. The number of benzene rings is 2. The summed E-state index contributed by atoms with van der Waals surface area (Å²) in [5.41, 5.74) is 3.18. The number of hydrogen-bond donors (Lipinski definition) is 0. The highest BCUT2D eigenvalue weighted by atomic mass is 16.5. The topological polar surface area (TPSA) is 69.9 Å². The highest BCUT2D eigenvalue weighted by Crippen LogP contribution is 2.20. The molecule has 0 aliphatic carbocycles. The summed E-state index contributed by atoms with van der Waals surface area (Å²) in [6, 6.07) is 12.6. The predicted octanol–water partition coefficient (Wildman–Crippen LogP) is 2.50. The first-order valence-corrected chi connectivity index (χ1v) is 6.76. The molecular weight excluding hydrogens is 280 g/mol. The monoisotopic (exact) mass is 294 g/mol. The summed E-state index contributed by atoms with van der Waals surface area (Å²) in [5, 5.41) is 11.0. The number of carbonyl (C=O) groups is 1. The fourth-order valence-electron chi connectivity index (χ4n) is 2.13. The van der Waals surface area contributed by atoms with E-state index >= 15 is 0 Å². The number of aryl methyl sites for hydroxylation is 2. The van der Waals surface area contributed by atoms with Gasteiger partial charge in [-0.2, -0.15) is 0 Å². The lowest BCUT2D eigenvalue weighted by Gasteiger charge is -2.09. The number of esters is 1. The Labute approximate surface area is 127 Å². The zero-order chi connectivity index (χ0) is 15.5. The number of rotatable bonds is 3. The normalized spacial score (nSPS) is 10.5. The van der Waals surface area contributed by atoms with E-state index in [4.69, 9.17) is 4.74 Å². The predicted molar refractivity (Wildman–Crippen MR) is 80.0 cm³/mol. The summed E-state index contributed by atoms with van der Waals surface area (Å²) >= 11 is 0. The third-order valence-corrected chi connectivity index (χ3v) is 3.23. The molecule has 0 saturated carbocycles. The number of nitrogens with zero attached hydrogens (tertiary/aromatic N) is 4. The zero-order valence-electron chi connectivity index (χ0n) is 12.2. The molecule has 0 atom stereocenters. The summed E-state index contributed by atoms with van der Waals surface area (Å²) in [6.45, 7) is 3.90. The van der Waals surface area contributed by atoms with E-state index in [1.165, 1.54) is 11.0 Å². The quantitative estimate of drug-likeness (QED) is 0.548. The third-order valence-electron chi connectivity index (χ3n) is 3.23. The minimum absolute atomic E-state index is 0.415. The van der Waals surface area contributed by atoms with E-state index in [-0.39, 0.29) is 0 Å². The molecule has 0 bridgehead atoms. The van der Waals surface area contributed by atoms with Crippen molar-refractivity contribution in [2.24, 2.45) is 0 Å². The fraction of sp³-hybridized carbons (Fsp3) is 0.125. The Kier molecular flexibility index (Phi) is 3.65. The average Bonchev–Trinajstić information content (AvgIpc) is 3.04. The van der Waals surface area contributed by atoms with Gasteiger partial charge in [-0.15, -0.1) is 5.10 Å². The van der Waals surface area contributed by atoms with Gasteiger partial charge >= 0.3 is 5.97 Å². The van der Waals surface area contributed by atoms with Crippen LogP contribution < -0.4 is 4.74 Å². The molecular formula is C16H14N4O2. The van der Waals surface area contributed by atoms with Crippen molar-refractivity contribution in [1.82, 2.24) is 20.2 Å². The molecule has 0 aliphatic rings. The zero-order valence-corrected chi connectivity index (χ0v) is 12.2. The second-order valence-corrected chi connectivity index (χ2v) is 4.96. The maximum absolute atomic E-state index is 12.3. The van der Waals surface area contributed by atoms with Gasteiger partial charge in [-0.1, -0.05) is 23.8 Å². The number of hydrogen-bond acceptors (Lipinski definition) is 5. The standard InChI is InChI=1S/C16H14N4O2/c1-11-6-7-15(12(2)8-11)22-16(21)13-4-3-5-14(9-13)20-10-17-18-19-20/h3-10H,1-2H3. The summed E-state index contributed by atoms with van der Waals surface area (Å²) < 4.78 is 6.94. The Morgan fingerprint density at radius 2 is 2.00 bits per heavy atom. The van der Waals surface area contributed by atoms with Crippen LogP contribution in [0, 0.1) is 13.8 Å². The summed E-state index contributed by atoms with van der Waals surface area (Å²) in [6.07, 6.45) is 1.47. The van der Waals surface area contributed by atoms with Crippen LogP contribution in [0.5, 0.6) is 5.75 Å². The molecule has 110 valence electrons. The molecule has 1 aromatic heterocycles. The molecule has 3 rings (SSSR count). The van der Waals surface area contributed by atoms with Crippen LogP contribution in [0.25, 0.3) is 5.69 Å². The van der Waals surface area contributed by atoms with Crippen molar-refractivity contribution >= 4 is 5.97 Å². The Bertz CT molecular complexity index is 813. The smallest absolute Gasteiger partial charge is 0.343 e. The van der Waals surface area contributed by atoms with Crippen molar-refractivity contribution in [3.05, 3.63) is 65.5 Å². The number of tetrazole rings is 1. The van der Waals surface area contributed by atoms with E-state index in [1.807, 2.05) is 32.0 Å². The molecule has 3 aromatic rings.